The van der Waals surface area contributed by atoms with Gasteiger partial charge >= 0.3 is 0 Å². The molecule has 0 aromatic carbocycles. The van der Waals surface area contributed by atoms with E-state index >= 15 is 0 Å². The molecule has 4 aliphatic rings. The van der Waals surface area contributed by atoms with Crippen LogP contribution in [0.5, 0.6) is 0 Å². The van der Waals surface area contributed by atoms with E-state index in [4.69, 9.17) is 0 Å². The largest absolute Gasteiger partial charge is 0.295 e. The first-order valence-electron chi connectivity index (χ1n) is 10.2. The molecule has 0 amide bonds. The van der Waals surface area contributed by atoms with Crippen LogP contribution >= 0.6 is 0 Å². The summed E-state index contributed by atoms with van der Waals surface area (Å²) < 4.78 is 13.3. The molecule has 1 heterocycles. The van der Waals surface area contributed by atoms with Crippen LogP contribution in [0.1, 0.15) is 57.9 Å². The molecule has 4 unspecified atom stereocenters. The molecule has 27 heavy (non-hydrogen) atoms. The summed E-state index contributed by atoms with van der Waals surface area (Å²) >= 11 is 0. The van der Waals surface area contributed by atoms with Crippen LogP contribution in [0, 0.1) is 28.6 Å². The van der Waals surface area contributed by atoms with E-state index in [9.17, 15) is 9.18 Å². The first kappa shape index (κ1) is 17.1. The highest BCUT2D eigenvalue weighted by molar-refractivity contribution is 5.91. The Bertz CT molecular complexity index is 909. The Balaban J connectivity index is 1.48. The molecule has 2 saturated carbocycles. The lowest BCUT2D eigenvalue weighted by molar-refractivity contribution is -0.116. The minimum absolute atomic E-state index is 0.0305. The number of carbonyl (C=O) groups is 1. The van der Waals surface area contributed by atoms with Crippen LogP contribution in [-0.4, -0.2) is 10.8 Å². The summed E-state index contributed by atoms with van der Waals surface area (Å²) in [5.41, 5.74) is 5.48. The number of halogens is 1. The molecule has 2 nitrogen and oxygen atoms in total. The second kappa shape index (κ2) is 5.73. The number of ketones is 1. The fourth-order valence-electron chi connectivity index (χ4n) is 6.51. The van der Waals surface area contributed by atoms with E-state index in [1.54, 1.807) is 11.8 Å². The smallest absolute Gasteiger partial charge is 0.212 e. The predicted molar refractivity (Wildman–Crippen MR) is 104 cm³/mol. The minimum Gasteiger partial charge on any atom is -0.295 e. The molecule has 1 aromatic rings. The standard InChI is InChI=1S/C24H26FNO/c1-23-11-9-17(27)13-16(23)4-5-18-20-7-6-19(15-3-8-22(25)26-14-15)24(20,2)12-10-21(18)23/h3,6-8,13-14,18,21H,4-5,9-12H2,1-2H3. The van der Waals surface area contributed by atoms with Crippen molar-refractivity contribution >= 4 is 11.4 Å². The summed E-state index contributed by atoms with van der Waals surface area (Å²) in [6.45, 7) is 4.76. The fraction of sp³-hybridized carbons (Fsp3) is 0.500. The average molecular weight is 363 g/mol. The van der Waals surface area contributed by atoms with Gasteiger partial charge in [-0.05, 0) is 78.7 Å². The number of hydrogen-bond donors (Lipinski definition) is 0. The molecule has 2 fully saturated rings. The highest BCUT2D eigenvalue weighted by Crippen LogP contribution is 2.65. The molecule has 0 N–H and O–H groups in total. The molecule has 0 spiro atoms. The molecular formula is C24H26FNO. The van der Waals surface area contributed by atoms with Crippen LogP contribution < -0.4 is 0 Å². The van der Waals surface area contributed by atoms with Crippen molar-refractivity contribution in [3.63, 3.8) is 0 Å². The molecule has 0 aliphatic heterocycles. The molecule has 5 rings (SSSR count). The number of aromatic nitrogens is 1. The van der Waals surface area contributed by atoms with E-state index in [1.165, 1.54) is 23.6 Å². The van der Waals surface area contributed by atoms with E-state index in [0.29, 0.717) is 24.0 Å². The van der Waals surface area contributed by atoms with E-state index in [1.807, 2.05) is 12.1 Å². The molecular weight excluding hydrogens is 337 g/mol. The maximum Gasteiger partial charge on any atom is 0.212 e. The zero-order valence-corrected chi connectivity index (χ0v) is 16.1. The predicted octanol–water partition coefficient (Wildman–Crippen LogP) is 5.67. The van der Waals surface area contributed by atoms with Gasteiger partial charge in [-0.15, -0.1) is 0 Å². The highest BCUT2D eigenvalue weighted by Gasteiger charge is 2.54. The van der Waals surface area contributed by atoms with Crippen molar-refractivity contribution in [3.8, 4) is 0 Å². The van der Waals surface area contributed by atoms with Gasteiger partial charge < -0.3 is 0 Å². The number of nitrogens with zero attached hydrogens (tertiary/aromatic N) is 1. The molecule has 1 aromatic heterocycles. The third-order valence-electron chi connectivity index (χ3n) is 8.04. The Kier molecular flexibility index (Phi) is 3.63. The van der Waals surface area contributed by atoms with Crippen LogP contribution in [0.4, 0.5) is 4.39 Å². The lowest BCUT2D eigenvalue weighted by Gasteiger charge is -2.56. The number of carbonyl (C=O) groups excluding carboxylic acids is 1. The number of pyridine rings is 1. The quantitative estimate of drug-likeness (QED) is 0.602. The van der Waals surface area contributed by atoms with E-state index in [2.05, 4.69) is 31.0 Å². The Labute approximate surface area is 160 Å². The number of rotatable bonds is 1. The third kappa shape index (κ3) is 2.36. The Morgan fingerprint density at radius 3 is 2.74 bits per heavy atom. The van der Waals surface area contributed by atoms with Gasteiger partial charge in [0.2, 0.25) is 5.95 Å². The van der Waals surface area contributed by atoms with Crippen LogP contribution in [-0.2, 0) is 4.79 Å². The van der Waals surface area contributed by atoms with Crippen molar-refractivity contribution in [2.45, 2.75) is 52.4 Å². The number of allylic oxidation sites excluding steroid dienone is 6. The molecule has 4 atom stereocenters. The molecule has 4 aliphatic carbocycles. The first-order chi connectivity index (χ1) is 12.9. The van der Waals surface area contributed by atoms with Gasteiger partial charge in [0.05, 0.1) is 0 Å². The van der Waals surface area contributed by atoms with E-state index in [-0.39, 0.29) is 10.8 Å². The van der Waals surface area contributed by atoms with E-state index in [0.717, 1.165) is 31.2 Å². The van der Waals surface area contributed by atoms with Gasteiger partial charge in [-0.2, -0.15) is 4.39 Å². The number of fused-ring (bicyclic) bond motifs is 5. The van der Waals surface area contributed by atoms with Gasteiger partial charge in [-0.1, -0.05) is 37.1 Å². The van der Waals surface area contributed by atoms with Crippen molar-refractivity contribution in [1.82, 2.24) is 4.98 Å². The maximum atomic E-state index is 13.3. The Morgan fingerprint density at radius 1 is 1.11 bits per heavy atom. The van der Waals surface area contributed by atoms with Crippen LogP contribution in [0.3, 0.4) is 0 Å². The SMILES string of the molecule is CC12CCC3C(CCC4=CC(=O)CCC43C)C1=CC=C2c1ccc(F)nc1. The maximum absolute atomic E-state index is 13.3. The Hall–Kier alpha value is -2.03. The minimum atomic E-state index is -0.425. The second-order valence-corrected chi connectivity index (χ2v) is 9.25. The summed E-state index contributed by atoms with van der Waals surface area (Å²) in [7, 11) is 0. The third-order valence-corrected chi connectivity index (χ3v) is 8.04. The van der Waals surface area contributed by atoms with Gasteiger partial charge in [0.15, 0.2) is 5.78 Å². The summed E-state index contributed by atoms with van der Waals surface area (Å²) in [5, 5.41) is 0. The van der Waals surface area contributed by atoms with Crippen molar-refractivity contribution in [1.29, 1.82) is 0 Å². The van der Waals surface area contributed by atoms with Crippen LogP contribution in [0.25, 0.3) is 5.57 Å². The second-order valence-electron chi connectivity index (χ2n) is 9.25. The average Bonchev–Trinajstić information content (AvgIpc) is 3.00. The van der Waals surface area contributed by atoms with Crippen molar-refractivity contribution in [3.05, 3.63) is 59.2 Å². The van der Waals surface area contributed by atoms with E-state index < -0.39 is 5.95 Å². The zero-order valence-electron chi connectivity index (χ0n) is 16.1. The summed E-state index contributed by atoms with van der Waals surface area (Å²) in [4.78, 5) is 15.8. The summed E-state index contributed by atoms with van der Waals surface area (Å²) in [6, 6.07) is 3.32. The molecule has 3 heteroatoms. The first-order valence-corrected chi connectivity index (χ1v) is 10.2. The van der Waals surface area contributed by atoms with Crippen molar-refractivity contribution < 1.29 is 9.18 Å². The molecule has 0 saturated heterocycles. The van der Waals surface area contributed by atoms with Crippen molar-refractivity contribution in [2.24, 2.45) is 22.7 Å². The van der Waals surface area contributed by atoms with Gasteiger partial charge in [-0.3, -0.25) is 4.79 Å². The molecule has 140 valence electrons. The summed E-state index contributed by atoms with van der Waals surface area (Å²) in [5.74, 6) is 1.10. The highest BCUT2D eigenvalue weighted by atomic mass is 19.1. The van der Waals surface area contributed by atoms with Crippen molar-refractivity contribution in [2.75, 3.05) is 0 Å². The van der Waals surface area contributed by atoms with Gasteiger partial charge in [-0.25, -0.2) is 4.98 Å². The lowest BCUT2D eigenvalue weighted by Crippen LogP contribution is -2.47. The fourth-order valence-corrected chi connectivity index (χ4v) is 6.51. The van der Waals surface area contributed by atoms with Gasteiger partial charge in [0.25, 0.3) is 0 Å². The van der Waals surface area contributed by atoms with Crippen LogP contribution in [0.15, 0.2) is 47.7 Å². The van der Waals surface area contributed by atoms with Crippen LogP contribution in [0.2, 0.25) is 0 Å². The topological polar surface area (TPSA) is 30.0 Å². The van der Waals surface area contributed by atoms with Gasteiger partial charge in [0.1, 0.15) is 0 Å². The molecule has 0 bridgehead atoms. The van der Waals surface area contributed by atoms with Gasteiger partial charge in [0, 0.05) is 18.0 Å². The molecule has 0 radical (unpaired) electrons. The summed E-state index contributed by atoms with van der Waals surface area (Å²) in [6.07, 6.45) is 14.4. The Morgan fingerprint density at radius 2 is 1.96 bits per heavy atom. The lowest BCUT2D eigenvalue weighted by atomic mass is 9.48. The normalized spacial score (nSPS) is 37.6. The monoisotopic (exact) mass is 363 g/mol. The zero-order chi connectivity index (χ0) is 18.8. The number of hydrogen-bond acceptors (Lipinski definition) is 2.